The quantitative estimate of drug-likeness (QED) is 0.486. The summed E-state index contributed by atoms with van der Waals surface area (Å²) in [5.41, 5.74) is 4.68. The van der Waals surface area contributed by atoms with Gasteiger partial charge in [-0.25, -0.2) is 9.59 Å². The molecular formula is C7H11NO4. The predicted octanol–water partition coefficient (Wildman–Crippen LogP) is 0.199. The largest absolute Gasteiger partial charge is 0.456 e. The Kier molecular flexibility index (Phi) is 4.52. The summed E-state index contributed by atoms with van der Waals surface area (Å²) < 4.78 is 9.04. The van der Waals surface area contributed by atoms with Gasteiger partial charge in [0.25, 0.3) is 0 Å². The molecule has 0 aromatic carbocycles. The van der Waals surface area contributed by atoms with Gasteiger partial charge in [0, 0.05) is 6.08 Å². The predicted molar refractivity (Wildman–Crippen MR) is 41.3 cm³/mol. The van der Waals surface area contributed by atoms with Crippen molar-refractivity contribution in [3.63, 3.8) is 0 Å². The lowest BCUT2D eigenvalue weighted by Crippen LogP contribution is -2.23. The minimum atomic E-state index is -0.892. The maximum atomic E-state index is 10.6. The van der Waals surface area contributed by atoms with Gasteiger partial charge in [0.15, 0.2) is 0 Å². The van der Waals surface area contributed by atoms with Crippen molar-refractivity contribution < 1.29 is 19.1 Å². The van der Waals surface area contributed by atoms with E-state index in [0.29, 0.717) is 0 Å². The molecule has 5 nitrogen and oxygen atoms in total. The first-order chi connectivity index (χ1) is 5.56. The number of hydrogen-bond acceptors (Lipinski definition) is 4. The molecular weight excluding hydrogens is 162 g/mol. The third kappa shape index (κ3) is 5.28. The van der Waals surface area contributed by atoms with Gasteiger partial charge in [-0.1, -0.05) is 6.58 Å². The van der Waals surface area contributed by atoms with Crippen molar-refractivity contribution in [1.29, 1.82) is 0 Å². The Labute approximate surface area is 70.1 Å². The molecule has 0 rings (SSSR count). The van der Waals surface area contributed by atoms with E-state index in [4.69, 9.17) is 0 Å². The smallest absolute Gasteiger partial charge is 0.404 e. The van der Waals surface area contributed by atoms with E-state index in [0.717, 1.165) is 6.08 Å². The average Bonchev–Trinajstić information content (AvgIpc) is 2.00. The van der Waals surface area contributed by atoms with E-state index in [1.165, 1.54) is 0 Å². The Morgan fingerprint density at radius 3 is 2.67 bits per heavy atom. The molecule has 0 aliphatic carbocycles. The lowest BCUT2D eigenvalue weighted by molar-refractivity contribution is -0.143. The summed E-state index contributed by atoms with van der Waals surface area (Å²) in [4.78, 5) is 20.7. The van der Waals surface area contributed by atoms with Crippen LogP contribution in [0.1, 0.15) is 6.92 Å². The SMILES string of the molecule is C=CC(=O)O[C@@H](C)COC(N)=O. The number of nitrogens with two attached hydrogens (primary N) is 1. The number of carbonyl (C=O) groups is 2. The molecule has 1 amide bonds. The summed E-state index contributed by atoms with van der Waals surface area (Å²) in [6, 6.07) is 0. The van der Waals surface area contributed by atoms with Crippen LogP contribution in [0.25, 0.3) is 0 Å². The summed E-state index contributed by atoms with van der Waals surface area (Å²) in [6.07, 6.45) is -0.375. The van der Waals surface area contributed by atoms with Crippen LogP contribution in [0.4, 0.5) is 4.79 Å². The normalized spacial score (nSPS) is 11.4. The van der Waals surface area contributed by atoms with Gasteiger partial charge in [-0.05, 0) is 6.92 Å². The van der Waals surface area contributed by atoms with Crippen molar-refractivity contribution in [3.8, 4) is 0 Å². The highest BCUT2D eigenvalue weighted by Crippen LogP contribution is 1.92. The first-order valence-electron chi connectivity index (χ1n) is 3.31. The Morgan fingerprint density at radius 2 is 2.25 bits per heavy atom. The Bertz CT molecular complexity index is 190. The minimum Gasteiger partial charge on any atom is -0.456 e. The molecule has 0 spiro atoms. The van der Waals surface area contributed by atoms with Crippen LogP contribution in [0.5, 0.6) is 0 Å². The summed E-state index contributed by atoms with van der Waals surface area (Å²) in [5, 5.41) is 0. The van der Waals surface area contributed by atoms with Gasteiger partial charge in [0.2, 0.25) is 0 Å². The fourth-order valence-electron chi connectivity index (χ4n) is 0.480. The second-order valence-corrected chi connectivity index (χ2v) is 2.08. The van der Waals surface area contributed by atoms with Crippen molar-refractivity contribution in [3.05, 3.63) is 12.7 Å². The first-order valence-corrected chi connectivity index (χ1v) is 3.31. The first kappa shape index (κ1) is 10.5. The molecule has 12 heavy (non-hydrogen) atoms. The van der Waals surface area contributed by atoms with E-state index in [9.17, 15) is 9.59 Å². The minimum absolute atomic E-state index is 0.0467. The zero-order chi connectivity index (χ0) is 9.56. The second-order valence-electron chi connectivity index (χ2n) is 2.08. The molecule has 2 N–H and O–H groups in total. The van der Waals surface area contributed by atoms with Crippen molar-refractivity contribution in [2.45, 2.75) is 13.0 Å². The molecule has 5 heteroatoms. The molecule has 0 bridgehead atoms. The van der Waals surface area contributed by atoms with Crippen LogP contribution in [0.3, 0.4) is 0 Å². The van der Waals surface area contributed by atoms with Gasteiger partial charge in [-0.15, -0.1) is 0 Å². The van der Waals surface area contributed by atoms with Crippen molar-refractivity contribution in [2.24, 2.45) is 5.73 Å². The number of amides is 1. The van der Waals surface area contributed by atoms with Crippen molar-refractivity contribution >= 4 is 12.1 Å². The number of hydrogen-bond donors (Lipinski definition) is 1. The molecule has 68 valence electrons. The average molecular weight is 173 g/mol. The van der Waals surface area contributed by atoms with E-state index >= 15 is 0 Å². The monoisotopic (exact) mass is 173 g/mol. The number of primary amides is 1. The maximum absolute atomic E-state index is 10.6. The molecule has 0 radical (unpaired) electrons. The topological polar surface area (TPSA) is 78.6 Å². The van der Waals surface area contributed by atoms with Crippen LogP contribution in [-0.2, 0) is 14.3 Å². The lowest BCUT2D eigenvalue weighted by Gasteiger charge is -2.10. The maximum Gasteiger partial charge on any atom is 0.404 e. The molecule has 0 saturated carbocycles. The highest BCUT2D eigenvalue weighted by atomic mass is 16.6. The van der Waals surface area contributed by atoms with Crippen LogP contribution in [0.15, 0.2) is 12.7 Å². The van der Waals surface area contributed by atoms with Crippen LogP contribution in [0.2, 0.25) is 0 Å². The van der Waals surface area contributed by atoms with Crippen LogP contribution < -0.4 is 5.73 Å². The van der Waals surface area contributed by atoms with Crippen LogP contribution in [0, 0.1) is 0 Å². The van der Waals surface area contributed by atoms with Gasteiger partial charge in [-0.3, -0.25) is 0 Å². The third-order valence-corrected chi connectivity index (χ3v) is 0.944. The molecule has 0 fully saturated rings. The lowest BCUT2D eigenvalue weighted by atomic mass is 10.4. The highest BCUT2D eigenvalue weighted by Gasteiger charge is 2.07. The van der Waals surface area contributed by atoms with E-state index in [-0.39, 0.29) is 6.61 Å². The fraction of sp³-hybridized carbons (Fsp3) is 0.429. The van der Waals surface area contributed by atoms with Crippen molar-refractivity contribution in [1.82, 2.24) is 0 Å². The van der Waals surface area contributed by atoms with Gasteiger partial charge < -0.3 is 15.2 Å². The number of esters is 1. The van der Waals surface area contributed by atoms with Gasteiger partial charge >= 0.3 is 12.1 Å². The molecule has 0 aliphatic rings. The van der Waals surface area contributed by atoms with Gasteiger partial charge in [0.05, 0.1) is 0 Å². The fourth-order valence-corrected chi connectivity index (χ4v) is 0.480. The summed E-state index contributed by atoms with van der Waals surface area (Å²) >= 11 is 0. The second kappa shape index (κ2) is 5.17. The molecule has 1 atom stereocenters. The van der Waals surface area contributed by atoms with Crippen LogP contribution >= 0.6 is 0 Å². The molecule has 0 unspecified atom stereocenters. The summed E-state index contributed by atoms with van der Waals surface area (Å²) in [7, 11) is 0. The molecule has 0 aromatic rings. The molecule has 0 aromatic heterocycles. The third-order valence-electron chi connectivity index (χ3n) is 0.944. The number of rotatable bonds is 4. The van der Waals surface area contributed by atoms with E-state index < -0.39 is 18.2 Å². The molecule has 0 aliphatic heterocycles. The Hall–Kier alpha value is -1.52. The van der Waals surface area contributed by atoms with E-state index in [2.05, 4.69) is 21.8 Å². The Balaban J connectivity index is 3.59. The zero-order valence-corrected chi connectivity index (χ0v) is 6.78. The van der Waals surface area contributed by atoms with Gasteiger partial charge in [0.1, 0.15) is 12.7 Å². The standard InChI is InChI=1S/C7H11NO4/c1-3-6(9)12-5(2)4-11-7(8)10/h3,5H,1,4H2,2H3,(H2,8,10)/t5-/m0/s1. The van der Waals surface area contributed by atoms with E-state index in [1.54, 1.807) is 6.92 Å². The summed E-state index contributed by atoms with van der Waals surface area (Å²) in [6.45, 7) is 4.73. The Morgan fingerprint density at radius 1 is 1.67 bits per heavy atom. The molecule has 0 heterocycles. The van der Waals surface area contributed by atoms with Gasteiger partial charge in [-0.2, -0.15) is 0 Å². The number of ether oxygens (including phenoxy) is 2. The highest BCUT2D eigenvalue weighted by molar-refractivity contribution is 5.81. The van der Waals surface area contributed by atoms with Crippen LogP contribution in [-0.4, -0.2) is 24.8 Å². The van der Waals surface area contributed by atoms with Crippen molar-refractivity contribution in [2.75, 3.05) is 6.61 Å². The van der Waals surface area contributed by atoms with E-state index in [1.807, 2.05) is 0 Å². The number of carbonyl (C=O) groups excluding carboxylic acids is 2. The zero-order valence-electron chi connectivity index (χ0n) is 6.78. The molecule has 0 saturated heterocycles. The summed E-state index contributed by atoms with van der Waals surface area (Å²) in [5.74, 6) is -0.560.